The van der Waals surface area contributed by atoms with Crippen molar-refractivity contribution < 1.29 is 0 Å². The smallest absolute Gasteiger partial charge is 0.0404 e. The predicted octanol–water partition coefficient (Wildman–Crippen LogP) is 4.34. The molecule has 1 aromatic rings. The molecule has 0 saturated heterocycles. The van der Waals surface area contributed by atoms with Gasteiger partial charge in [-0.3, -0.25) is 0 Å². The molecule has 1 aromatic carbocycles. The topological polar surface area (TPSA) is 0 Å². The van der Waals surface area contributed by atoms with Crippen molar-refractivity contribution in [3.8, 4) is 0 Å². The summed E-state index contributed by atoms with van der Waals surface area (Å²) >= 11 is 6.49. The molecule has 0 spiro atoms. The fraction of sp³-hybridized carbons (Fsp3) is 0.571. The van der Waals surface area contributed by atoms with Gasteiger partial charge >= 0.3 is 0 Å². The molecule has 0 radical (unpaired) electrons. The summed E-state index contributed by atoms with van der Waals surface area (Å²) < 4.78 is 0. The number of hydrogen-bond donors (Lipinski definition) is 0. The molecule has 1 fully saturated rings. The van der Waals surface area contributed by atoms with Crippen molar-refractivity contribution in [2.45, 2.75) is 44.4 Å². The molecule has 1 unspecified atom stereocenters. The Bertz CT molecular complexity index is 313. The lowest BCUT2D eigenvalue weighted by atomic mass is 9.95. The van der Waals surface area contributed by atoms with Crippen LogP contribution in [0, 0.1) is 12.8 Å². The van der Waals surface area contributed by atoms with Crippen LogP contribution in [-0.4, -0.2) is 5.38 Å². The van der Waals surface area contributed by atoms with Gasteiger partial charge < -0.3 is 0 Å². The van der Waals surface area contributed by atoms with Crippen LogP contribution in [0.2, 0.25) is 0 Å². The highest BCUT2D eigenvalue weighted by Crippen LogP contribution is 2.32. The van der Waals surface area contributed by atoms with Gasteiger partial charge in [0.2, 0.25) is 0 Å². The van der Waals surface area contributed by atoms with Crippen molar-refractivity contribution in [3.63, 3.8) is 0 Å². The summed E-state index contributed by atoms with van der Waals surface area (Å²) in [5, 5.41) is 0.341. The summed E-state index contributed by atoms with van der Waals surface area (Å²) in [6.45, 7) is 2.17. The van der Waals surface area contributed by atoms with Crippen molar-refractivity contribution in [2.24, 2.45) is 5.92 Å². The fourth-order valence-corrected chi connectivity index (χ4v) is 2.95. The molecular weight excluding hydrogens is 204 g/mol. The minimum absolute atomic E-state index is 0.341. The van der Waals surface area contributed by atoms with Crippen LogP contribution >= 0.6 is 11.6 Å². The zero-order valence-corrected chi connectivity index (χ0v) is 10.1. The van der Waals surface area contributed by atoms with Crippen molar-refractivity contribution in [1.29, 1.82) is 0 Å². The summed E-state index contributed by atoms with van der Waals surface area (Å²) in [6.07, 6.45) is 6.46. The van der Waals surface area contributed by atoms with Gasteiger partial charge in [-0.05, 0) is 43.2 Å². The van der Waals surface area contributed by atoms with Gasteiger partial charge in [0, 0.05) is 5.38 Å². The molecular formula is C14H19Cl. The maximum absolute atomic E-state index is 6.49. The Morgan fingerprint density at radius 2 is 1.93 bits per heavy atom. The van der Waals surface area contributed by atoms with E-state index in [1.54, 1.807) is 0 Å². The lowest BCUT2D eigenvalue weighted by molar-refractivity contribution is 0.511. The third-order valence-corrected chi connectivity index (χ3v) is 4.10. The van der Waals surface area contributed by atoms with Crippen molar-refractivity contribution in [2.75, 3.05) is 0 Å². The van der Waals surface area contributed by atoms with Gasteiger partial charge in [-0.25, -0.2) is 0 Å². The molecule has 0 heterocycles. The molecule has 0 N–H and O–H groups in total. The van der Waals surface area contributed by atoms with E-state index in [1.807, 2.05) is 0 Å². The lowest BCUT2D eigenvalue weighted by Crippen LogP contribution is -2.14. The second-order valence-electron chi connectivity index (χ2n) is 4.69. The van der Waals surface area contributed by atoms with Gasteiger partial charge in [-0.2, -0.15) is 0 Å². The number of aryl methyl sites for hydroxylation is 1. The molecule has 0 aromatic heterocycles. The first-order chi connectivity index (χ1) is 7.27. The highest BCUT2D eigenvalue weighted by atomic mass is 35.5. The number of alkyl halides is 1. The number of hydrogen-bond acceptors (Lipinski definition) is 0. The number of halogens is 1. The molecule has 0 aliphatic heterocycles. The Kier molecular flexibility index (Phi) is 3.69. The van der Waals surface area contributed by atoms with Crippen LogP contribution in [-0.2, 0) is 6.42 Å². The van der Waals surface area contributed by atoms with Crippen molar-refractivity contribution in [3.05, 3.63) is 35.4 Å². The monoisotopic (exact) mass is 222 g/mol. The SMILES string of the molecule is Cc1ccccc1CC(Cl)C1CCCC1. The van der Waals surface area contributed by atoms with Gasteiger partial charge in [0.15, 0.2) is 0 Å². The quantitative estimate of drug-likeness (QED) is 0.668. The first-order valence-electron chi connectivity index (χ1n) is 5.96. The Morgan fingerprint density at radius 3 is 2.60 bits per heavy atom. The van der Waals surface area contributed by atoms with Crippen LogP contribution in [0.3, 0.4) is 0 Å². The minimum Gasteiger partial charge on any atom is -0.122 e. The zero-order valence-electron chi connectivity index (χ0n) is 9.38. The summed E-state index contributed by atoms with van der Waals surface area (Å²) in [5.41, 5.74) is 2.80. The van der Waals surface area contributed by atoms with Crippen LogP contribution in [0.5, 0.6) is 0 Å². The van der Waals surface area contributed by atoms with E-state index in [0.29, 0.717) is 5.38 Å². The molecule has 82 valence electrons. The van der Waals surface area contributed by atoms with Crippen molar-refractivity contribution in [1.82, 2.24) is 0 Å². The third-order valence-electron chi connectivity index (χ3n) is 3.59. The molecule has 15 heavy (non-hydrogen) atoms. The second-order valence-corrected chi connectivity index (χ2v) is 5.25. The van der Waals surface area contributed by atoms with E-state index in [2.05, 4.69) is 31.2 Å². The maximum Gasteiger partial charge on any atom is 0.0404 e. The summed E-state index contributed by atoms with van der Waals surface area (Å²) in [7, 11) is 0. The molecule has 1 aliphatic carbocycles. The Hall–Kier alpha value is -0.490. The standard InChI is InChI=1S/C14H19Cl/c1-11-6-2-3-9-13(11)10-14(15)12-7-4-5-8-12/h2-3,6,9,12,14H,4-5,7-8,10H2,1H3. The first-order valence-corrected chi connectivity index (χ1v) is 6.39. The summed E-state index contributed by atoms with van der Waals surface area (Å²) in [5.74, 6) is 0.756. The van der Waals surface area contributed by atoms with E-state index >= 15 is 0 Å². The third kappa shape index (κ3) is 2.75. The van der Waals surface area contributed by atoms with Gasteiger partial charge in [0.05, 0.1) is 0 Å². The maximum atomic E-state index is 6.49. The summed E-state index contributed by atoms with van der Waals surface area (Å²) in [4.78, 5) is 0. The van der Waals surface area contributed by atoms with Gasteiger partial charge in [-0.1, -0.05) is 37.1 Å². The Labute approximate surface area is 97.6 Å². The van der Waals surface area contributed by atoms with E-state index < -0.39 is 0 Å². The van der Waals surface area contributed by atoms with Crippen LogP contribution in [0.1, 0.15) is 36.8 Å². The Morgan fingerprint density at radius 1 is 1.27 bits per heavy atom. The predicted molar refractivity (Wildman–Crippen MR) is 66.5 cm³/mol. The number of benzene rings is 1. The van der Waals surface area contributed by atoms with E-state index in [1.165, 1.54) is 36.8 Å². The van der Waals surface area contributed by atoms with Crippen LogP contribution in [0.25, 0.3) is 0 Å². The Balaban J connectivity index is 1.99. The number of rotatable bonds is 3. The van der Waals surface area contributed by atoms with E-state index in [4.69, 9.17) is 11.6 Å². The van der Waals surface area contributed by atoms with Crippen LogP contribution < -0.4 is 0 Å². The molecule has 0 nitrogen and oxygen atoms in total. The molecule has 1 heteroatoms. The molecule has 1 aliphatic rings. The largest absolute Gasteiger partial charge is 0.122 e. The average molecular weight is 223 g/mol. The molecule has 2 rings (SSSR count). The lowest BCUT2D eigenvalue weighted by Gasteiger charge is -2.17. The van der Waals surface area contributed by atoms with Gasteiger partial charge in [0.25, 0.3) is 0 Å². The van der Waals surface area contributed by atoms with Crippen LogP contribution in [0.15, 0.2) is 24.3 Å². The van der Waals surface area contributed by atoms with Crippen molar-refractivity contribution >= 4 is 11.6 Å². The molecule has 1 saturated carbocycles. The van der Waals surface area contributed by atoms with E-state index in [0.717, 1.165) is 12.3 Å². The summed E-state index contributed by atoms with van der Waals surface area (Å²) in [6, 6.07) is 8.59. The zero-order chi connectivity index (χ0) is 10.7. The highest BCUT2D eigenvalue weighted by molar-refractivity contribution is 6.20. The minimum atomic E-state index is 0.341. The molecule has 0 amide bonds. The average Bonchev–Trinajstić information content (AvgIpc) is 2.74. The van der Waals surface area contributed by atoms with E-state index in [9.17, 15) is 0 Å². The van der Waals surface area contributed by atoms with E-state index in [-0.39, 0.29) is 0 Å². The molecule has 1 atom stereocenters. The normalized spacial score (nSPS) is 19.3. The van der Waals surface area contributed by atoms with Gasteiger partial charge in [-0.15, -0.1) is 11.6 Å². The first kappa shape index (κ1) is 11.0. The molecule has 0 bridgehead atoms. The highest BCUT2D eigenvalue weighted by Gasteiger charge is 2.23. The van der Waals surface area contributed by atoms with Gasteiger partial charge in [0.1, 0.15) is 0 Å². The second kappa shape index (κ2) is 5.03. The van der Waals surface area contributed by atoms with Crippen LogP contribution in [0.4, 0.5) is 0 Å². The fourth-order valence-electron chi connectivity index (χ4n) is 2.53.